The van der Waals surface area contributed by atoms with E-state index in [2.05, 4.69) is 10.1 Å². The van der Waals surface area contributed by atoms with E-state index < -0.39 is 0 Å². The van der Waals surface area contributed by atoms with Crippen LogP contribution in [0.25, 0.3) is 5.69 Å². The van der Waals surface area contributed by atoms with Gasteiger partial charge in [-0.1, -0.05) is 30.3 Å². The first-order valence-electron chi connectivity index (χ1n) is 8.08. The minimum atomic E-state index is -0.173. The molecule has 0 aliphatic heterocycles. The average molecular weight is 336 g/mol. The van der Waals surface area contributed by atoms with Gasteiger partial charge in [0.25, 0.3) is 5.91 Å². The number of aromatic nitrogens is 3. The molecule has 1 unspecified atom stereocenters. The largest absolute Gasteiger partial charge is 0.396 e. The van der Waals surface area contributed by atoms with Crippen LogP contribution in [0.2, 0.25) is 0 Å². The fourth-order valence-electron chi connectivity index (χ4n) is 2.82. The Morgan fingerprint density at radius 3 is 2.48 bits per heavy atom. The fraction of sp³-hybridized carbons (Fsp3) is 0.211. The minimum absolute atomic E-state index is 0.0163. The number of carbonyl (C=O) groups is 1. The summed E-state index contributed by atoms with van der Waals surface area (Å²) in [7, 11) is 1.76. The zero-order chi connectivity index (χ0) is 17.6. The molecule has 1 amide bonds. The van der Waals surface area contributed by atoms with Crippen molar-refractivity contribution in [2.75, 3.05) is 13.7 Å². The quantitative estimate of drug-likeness (QED) is 0.751. The summed E-state index contributed by atoms with van der Waals surface area (Å²) in [5, 5.41) is 13.5. The molecule has 6 nitrogen and oxygen atoms in total. The number of amides is 1. The molecule has 3 aromatic rings. The van der Waals surface area contributed by atoms with Gasteiger partial charge in [-0.25, -0.2) is 9.67 Å². The highest BCUT2D eigenvalue weighted by Crippen LogP contribution is 2.24. The lowest BCUT2D eigenvalue weighted by Gasteiger charge is -2.28. The van der Waals surface area contributed by atoms with Crippen LogP contribution in [-0.2, 0) is 0 Å². The molecular formula is C19H20N4O2. The zero-order valence-corrected chi connectivity index (χ0v) is 14.0. The topological polar surface area (TPSA) is 71.2 Å². The van der Waals surface area contributed by atoms with Crippen LogP contribution in [0, 0.1) is 0 Å². The Morgan fingerprint density at radius 2 is 1.88 bits per heavy atom. The monoisotopic (exact) mass is 336 g/mol. The van der Waals surface area contributed by atoms with Crippen molar-refractivity contribution in [2.45, 2.75) is 12.5 Å². The van der Waals surface area contributed by atoms with Crippen molar-refractivity contribution >= 4 is 5.91 Å². The van der Waals surface area contributed by atoms with Gasteiger partial charge in [0.2, 0.25) is 0 Å². The molecule has 1 aromatic heterocycles. The van der Waals surface area contributed by atoms with Crippen LogP contribution in [0.5, 0.6) is 0 Å². The lowest BCUT2D eigenvalue weighted by atomic mass is 10.0. The molecule has 1 N–H and O–H groups in total. The maximum atomic E-state index is 12.8. The second-order valence-corrected chi connectivity index (χ2v) is 5.74. The van der Waals surface area contributed by atoms with Crippen LogP contribution in [0.4, 0.5) is 0 Å². The number of aliphatic hydroxyl groups is 1. The highest BCUT2D eigenvalue weighted by molar-refractivity contribution is 5.94. The Labute approximate surface area is 146 Å². The number of carbonyl (C=O) groups excluding carboxylic acids is 1. The Morgan fingerprint density at radius 1 is 1.16 bits per heavy atom. The van der Waals surface area contributed by atoms with Crippen LogP contribution in [0.3, 0.4) is 0 Å². The van der Waals surface area contributed by atoms with E-state index in [9.17, 15) is 9.90 Å². The SMILES string of the molecule is CN(C(=O)c1ccc(-n2cncn2)cc1)C(CCO)c1ccccc1. The van der Waals surface area contributed by atoms with E-state index in [0.717, 1.165) is 11.3 Å². The molecule has 6 heteroatoms. The molecule has 0 aliphatic carbocycles. The number of aliphatic hydroxyl groups excluding tert-OH is 1. The minimum Gasteiger partial charge on any atom is -0.396 e. The molecule has 0 radical (unpaired) electrons. The molecule has 1 atom stereocenters. The smallest absolute Gasteiger partial charge is 0.254 e. The van der Waals surface area contributed by atoms with Gasteiger partial charge in [-0.2, -0.15) is 5.10 Å². The third-order valence-electron chi connectivity index (χ3n) is 4.17. The lowest BCUT2D eigenvalue weighted by molar-refractivity contribution is 0.0705. The number of rotatable bonds is 6. The lowest BCUT2D eigenvalue weighted by Crippen LogP contribution is -2.31. The molecule has 0 saturated carbocycles. The van der Waals surface area contributed by atoms with Crippen molar-refractivity contribution in [2.24, 2.45) is 0 Å². The van der Waals surface area contributed by atoms with Gasteiger partial charge in [0.05, 0.1) is 11.7 Å². The summed E-state index contributed by atoms with van der Waals surface area (Å²) < 4.78 is 1.64. The highest BCUT2D eigenvalue weighted by Gasteiger charge is 2.22. The van der Waals surface area contributed by atoms with Gasteiger partial charge in [0.15, 0.2) is 0 Å². The third-order valence-corrected chi connectivity index (χ3v) is 4.17. The van der Waals surface area contributed by atoms with E-state index in [0.29, 0.717) is 12.0 Å². The summed E-state index contributed by atoms with van der Waals surface area (Å²) in [5.74, 6) is -0.0903. The molecule has 0 aliphatic rings. The summed E-state index contributed by atoms with van der Waals surface area (Å²) in [4.78, 5) is 18.4. The first kappa shape index (κ1) is 16.9. The third kappa shape index (κ3) is 3.75. The second-order valence-electron chi connectivity index (χ2n) is 5.74. The Kier molecular flexibility index (Phi) is 5.20. The van der Waals surface area contributed by atoms with Crippen LogP contribution < -0.4 is 0 Å². The Bertz CT molecular complexity index is 801. The number of hydrogen-bond donors (Lipinski definition) is 1. The van der Waals surface area contributed by atoms with Crippen LogP contribution in [-0.4, -0.2) is 44.3 Å². The molecule has 0 spiro atoms. The zero-order valence-electron chi connectivity index (χ0n) is 14.0. The van der Waals surface area contributed by atoms with Gasteiger partial charge in [-0.3, -0.25) is 4.79 Å². The van der Waals surface area contributed by atoms with Gasteiger partial charge in [-0.15, -0.1) is 0 Å². The van der Waals surface area contributed by atoms with Gasteiger partial charge in [0.1, 0.15) is 12.7 Å². The van der Waals surface area contributed by atoms with E-state index in [-0.39, 0.29) is 18.6 Å². The fourth-order valence-corrected chi connectivity index (χ4v) is 2.82. The van der Waals surface area contributed by atoms with E-state index in [1.807, 2.05) is 42.5 Å². The summed E-state index contributed by atoms with van der Waals surface area (Å²) in [5.41, 5.74) is 2.43. The summed E-state index contributed by atoms with van der Waals surface area (Å²) in [6.07, 6.45) is 3.56. The molecule has 3 rings (SSSR count). The predicted molar refractivity (Wildman–Crippen MR) is 94.3 cm³/mol. The first-order chi connectivity index (χ1) is 12.2. The highest BCUT2D eigenvalue weighted by atomic mass is 16.3. The second kappa shape index (κ2) is 7.72. The molecule has 2 aromatic carbocycles. The van der Waals surface area contributed by atoms with Gasteiger partial charge < -0.3 is 10.0 Å². The van der Waals surface area contributed by atoms with Crippen molar-refractivity contribution in [3.05, 3.63) is 78.4 Å². The summed E-state index contributed by atoms with van der Waals surface area (Å²) in [6, 6.07) is 16.8. The summed E-state index contributed by atoms with van der Waals surface area (Å²) >= 11 is 0. The van der Waals surface area contributed by atoms with Crippen molar-refractivity contribution in [1.82, 2.24) is 19.7 Å². The van der Waals surface area contributed by atoms with E-state index in [1.54, 1.807) is 35.1 Å². The molecule has 0 saturated heterocycles. The maximum Gasteiger partial charge on any atom is 0.254 e. The van der Waals surface area contributed by atoms with Gasteiger partial charge in [-0.05, 0) is 36.2 Å². The van der Waals surface area contributed by atoms with Crippen molar-refractivity contribution < 1.29 is 9.90 Å². The van der Waals surface area contributed by atoms with Crippen molar-refractivity contribution in [3.63, 3.8) is 0 Å². The van der Waals surface area contributed by atoms with E-state index >= 15 is 0 Å². The molecule has 1 heterocycles. The van der Waals surface area contributed by atoms with Crippen LogP contribution >= 0.6 is 0 Å². The average Bonchev–Trinajstić information content (AvgIpc) is 3.20. The predicted octanol–water partition coefficient (Wildman–Crippen LogP) is 2.46. The van der Waals surface area contributed by atoms with Crippen LogP contribution in [0.15, 0.2) is 67.3 Å². The molecule has 25 heavy (non-hydrogen) atoms. The molecule has 0 bridgehead atoms. The number of nitrogens with zero attached hydrogens (tertiary/aromatic N) is 4. The molecular weight excluding hydrogens is 316 g/mol. The summed E-state index contributed by atoms with van der Waals surface area (Å²) in [6.45, 7) is 0.0163. The van der Waals surface area contributed by atoms with Gasteiger partial charge >= 0.3 is 0 Å². The maximum absolute atomic E-state index is 12.8. The molecule has 0 fully saturated rings. The van der Waals surface area contributed by atoms with Crippen molar-refractivity contribution in [3.8, 4) is 5.69 Å². The van der Waals surface area contributed by atoms with E-state index in [1.165, 1.54) is 6.33 Å². The number of hydrogen-bond acceptors (Lipinski definition) is 4. The number of benzene rings is 2. The van der Waals surface area contributed by atoms with Gasteiger partial charge in [0, 0.05) is 19.2 Å². The Balaban J connectivity index is 1.80. The standard InChI is InChI=1S/C19H20N4O2/c1-22(18(11-12-24)15-5-3-2-4-6-15)19(25)16-7-9-17(10-8-16)23-14-20-13-21-23/h2-10,13-14,18,24H,11-12H2,1H3. The molecule has 128 valence electrons. The normalized spacial score (nSPS) is 11.9. The Hall–Kier alpha value is -2.99. The van der Waals surface area contributed by atoms with Crippen LogP contribution in [0.1, 0.15) is 28.4 Å². The van der Waals surface area contributed by atoms with Crippen molar-refractivity contribution in [1.29, 1.82) is 0 Å². The first-order valence-corrected chi connectivity index (χ1v) is 8.08. The van der Waals surface area contributed by atoms with E-state index in [4.69, 9.17) is 0 Å².